The summed E-state index contributed by atoms with van der Waals surface area (Å²) < 4.78 is 0. The van der Waals surface area contributed by atoms with Gasteiger partial charge in [-0.2, -0.15) is 0 Å². The molecule has 0 spiro atoms. The van der Waals surface area contributed by atoms with Gasteiger partial charge in [0.1, 0.15) is 10.5 Å². The number of nitrogens with zero attached hydrogens (tertiary/aromatic N) is 2. The van der Waals surface area contributed by atoms with Crippen LogP contribution in [0.3, 0.4) is 0 Å². The molecule has 3 aromatic rings. The highest BCUT2D eigenvalue weighted by Crippen LogP contribution is 2.33. The van der Waals surface area contributed by atoms with Crippen molar-refractivity contribution >= 4 is 39.2 Å². The molecular weight excluding hydrogens is 470 g/mol. The van der Waals surface area contributed by atoms with Crippen LogP contribution in [0.5, 0.6) is 0 Å². The summed E-state index contributed by atoms with van der Waals surface area (Å²) in [6.45, 7) is 5.35. The van der Waals surface area contributed by atoms with Crippen LogP contribution in [0.4, 0.5) is 0 Å². The van der Waals surface area contributed by atoms with Crippen LogP contribution in [0.25, 0.3) is 10.2 Å². The van der Waals surface area contributed by atoms with Gasteiger partial charge in [0.25, 0.3) is 11.5 Å². The molecule has 0 saturated carbocycles. The maximum atomic E-state index is 12.7. The van der Waals surface area contributed by atoms with E-state index in [0.29, 0.717) is 28.2 Å². The third kappa shape index (κ3) is 3.99. The van der Waals surface area contributed by atoms with E-state index in [9.17, 15) is 19.2 Å². The fourth-order valence-electron chi connectivity index (χ4n) is 4.42. The van der Waals surface area contributed by atoms with Gasteiger partial charge < -0.3 is 26.0 Å². The van der Waals surface area contributed by atoms with Gasteiger partial charge in [-0.05, 0) is 34.1 Å². The van der Waals surface area contributed by atoms with E-state index in [4.69, 9.17) is 10.8 Å². The lowest BCUT2D eigenvalue weighted by Gasteiger charge is -2.37. The molecule has 0 unspecified atom stereocenters. The van der Waals surface area contributed by atoms with E-state index < -0.39 is 17.4 Å². The predicted molar refractivity (Wildman–Crippen MR) is 129 cm³/mol. The molecule has 178 valence electrons. The molecule has 5 rings (SSSR count). The smallest absolute Gasteiger partial charge is 0.307 e. The molecule has 0 saturated heterocycles. The number of rotatable bonds is 6. The summed E-state index contributed by atoms with van der Waals surface area (Å²) in [7, 11) is 0. The van der Waals surface area contributed by atoms with Crippen LogP contribution in [0.2, 0.25) is 0 Å². The Morgan fingerprint density at radius 2 is 2.09 bits per heavy atom. The number of nitrogens with two attached hydrogens (primary N) is 1. The number of allylic oxidation sites excluding steroid dienone is 2. The number of carboxylic acids is 1. The molecule has 0 radical (unpaired) electrons. The number of carbonyl (C=O) groups is 3. The van der Waals surface area contributed by atoms with Crippen LogP contribution in [-0.2, 0) is 35.5 Å². The van der Waals surface area contributed by atoms with E-state index in [0.717, 1.165) is 35.4 Å². The van der Waals surface area contributed by atoms with E-state index in [-0.39, 0.29) is 35.7 Å². The minimum atomic E-state index is -1.05. The molecule has 35 heavy (non-hydrogen) atoms. The number of aliphatic carboxylic acids is 1. The van der Waals surface area contributed by atoms with Crippen LogP contribution in [0.1, 0.15) is 32.9 Å². The Bertz CT molecular complexity index is 1530. The molecule has 1 aliphatic carbocycles. The van der Waals surface area contributed by atoms with E-state index >= 15 is 0 Å². The number of ketones is 1. The van der Waals surface area contributed by atoms with Gasteiger partial charge in [-0.3, -0.25) is 19.2 Å². The standard InChI is InChI=1S/C24H21N5O5S/c1-11-19(18(25)20(11)32)29-5-4-13-3-2-12(6-14(13)9-29)8-26-23(34)21-27-22(33)17-15(7-16(30)31)10-35-24(17)28-21/h2-3,6,10H,1,4-5,7-9,25H2,(H,26,34)(H,30,31)(H,27,28,33). The first-order valence-corrected chi connectivity index (χ1v) is 11.7. The number of aromatic amines is 1. The fourth-order valence-corrected chi connectivity index (χ4v) is 5.36. The molecule has 3 heterocycles. The maximum absolute atomic E-state index is 12.7. The van der Waals surface area contributed by atoms with Crippen LogP contribution in [-0.4, -0.2) is 44.2 Å². The first-order chi connectivity index (χ1) is 16.7. The van der Waals surface area contributed by atoms with Crippen LogP contribution in [0.15, 0.2) is 51.9 Å². The topological polar surface area (TPSA) is 158 Å². The van der Waals surface area contributed by atoms with Crippen molar-refractivity contribution in [3.05, 3.63) is 85.6 Å². The lowest BCUT2D eigenvalue weighted by molar-refractivity contribution is -0.136. The number of hydrogen-bond acceptors (Lipinski definition) is 8. The zero-order valence-electron chi connectivity index (χ0n) is 18.5. The van der Waals surface area contributed by atoms with Gasteiger partial charge in [0, 0.05) is 25.2 Å². The summed E-state index contributed by atoms with van der Waals surface area (Å²) in [6, 6.07) is 5.96. The SMILES string of the molecule is C=C1C(=O)C(N)=C1N1CCc2ccc(CNC(=O)c3nc4scc(CC(=O)O)c4c(=O)[nH]3)cc2C1. The Balaban J connectivity index is 1.30. The molecular formula is C24H21N5O5S. The fraction of sp³-hybridized carbons (Fsp3) is 0.208. The molecule has 1 aromatic carbocycles. The number of hydrogen-bond donors (Lipinski definition) is 4. The number of carboxylic acid groups (broad SMARTS) is 1. The molecule has 0 fully saturated rings. The van der Waals surface area contributed by atoms with E-state index in [1.807, 2.05) is 23.1 Å². The quantitative estimate of drug-likeness (QED) is 0.375. The van der Waals surface area contributed by atoms with Gasteiger partial charge in [0.2, 0.25) is 11.6 Å². The Hall–Kier alpha value is -4.25. The van der Waals surface area contributed by atoms with Crippen molar-refractivity contribution in [2.45, 2.75) is 25.9 Å². The zero-order chi connectivity index (χ0) is 24.9. The van der Waals surface area contributed by atoms with Gasteiger partial charge in [0.05, 0.1) is 17.5 Å². The van der Waals surface area contributed by atoms with Crippen molar-refractivity contribution < 1.29 is 19.5 Å². The van der Waals surface area contributed by atoms with Crippen molar-refractivity contribution in [2.75, 3.05) is 6.54 Å². The van der Waals surface area contributed by atoms with Gasteiger partial charge in [-0.25, -0.2) is 4.98 Å². The van der Waals surface area contributed by atoms with E-state index in [2.05, 4.69) is 21.9 Å². The maximum Gasteiger partial charge on any atom is 0.307 e. The number of H-pyrrole nitrogens is 1. The van der Waals surface area contributed by atoms with E-state index in [1.54, 1.807) is 5.38 Å². The first kappa shape index (κ1) is 22.5. The average molecular weight is 492 g/mol. The van der Waals surface area contributed by atoms with Gasteiger partial charge in [-0.1, -0.05) is 24.8 Å². The number of thiophene rings is 1. The third-order valence-corrected chi connectivity index (χ3v) is 7.11. The zero-order valence-corrected chi connectivity index (χ0v) is 19.3. The number of aromatic nitrogens is 2. The molecule has 0 bridgehead atoms. The van der Waals surface area contributed by atoms with Gasteiger partial charge >= 0.3 is 5.97 Å². The van der Waals surface area contributed by atoms with Gasteiger partial charge in [-0.15, -0.1) is 11.3 Å². The Labute approximate surface area is 202 Å². The Morgan fingerprint density at radius 1 is 1.29 bits per heavy atom. The van der Waals surface area contributed by atoms with E-state index in [1.165, 1.54) is 5.56 Å². The number of fused-ring (bicyclic) bond motifs is 2. The number of amides is 1. The largest absolute Gasteiger partial charge is 0.481 e. The summed E-state index contributed by atoms with van der Waals surface area (Å²) in [6.07, 6.45) is 0.510. The molecule has 1 aliphatic heterocycles. The van der Waals surface area contributed by atoms with Crippen molar-refractivity contribution in [1.29, 1.82) is 0 Å². The summed E-state index contributed by atoms with van der Waals surface area (Å²) in [5.41, 5.74) is 10.2. The second-order valence-electron chi connectivity index (χ2n) is 8.45. The van der Waals surface area contributed by atoms with Gasteiger partial charge in [0.15, 0.2) is 0 Å². The summed E-state index contributed by atoms with van der Waals surface area (Å²) in [4.78, 5) is 56.9. The number of benzene rings is 1. The molecule has 2 aliphatic rings. The normalized spacial score (nSPS) is 15.3. The molecule has 5 N–H and O–H groups in total. The van der Waals surface area contributed by atoms with Crippen LogP contribution in [0, 0.1) is 0 Å². The molecule has 10 nitrogen and oxygen atoms in total. The number of nitrogens with one attached hydrogen (secondary N) is 2. The summed E-state index contributed by atoms with van der Waals surface area (Å²) in [5, 5.41) is 13.5. The van der Waals surface area contributed by atoms with Crippen molar-refractivity contribution in [1.82, 2.24) is 20.2 Å². The lowest BCUT2D eigenvalue weighted by Crippen LogP contribution is -2.40. The monoisotopic (exact) mass is 491 g/mol. The highest BCUT2D eigenvalue weighted by atomic mass is 32.1. The van der Waals surface area contributed by atoms with Crippen LogP contribution >= 0.6 is 11.3 Å². The molecule has 11 heteroatoms. The van der Waals surface area contributed by atoms with Crippen molar-refractivity contribution in [2.24, 2.45) is 5.73 Å². The number of Topliss-reactive ketones (excluding diaryl/α,β-unsaturated/α-hetero) is 1. The second-order valence-corrected chi connectivity index (χ2v) is 9.31. The minimum Gasteiger partial charge on any atom is -0.481 e. The molecule has 2 aromatic heterocycles. The Kier molecular flexibility index (Phi) is 5.48. The predicted octanol–water partition coefficient (Wildman–Crippen LogP) is 1.21. The number of carbonyl (C=O) groups excluding carboxylic acids is 2. The van der Waals surface area contributed by atoms with Crippen LogP contribution < -0.4 is 16.6 Å². The highest BCUT2D eigenvalue weighted by Gasteiger charge is 2.34. The molecule has 1 amide bonds. The lowest BCUT2D eigenvalue weighted by atomic mass is 9.89. The highest BCUT2D eigenvalue weighted by molar-refractivity contribution is 7.16. The summed E-state index contributed by atoms with van der Waals surface area (Å²) >= 11 is 1.12. The average Bonchev–Trinajstić information content (AvgIpc) is 3.24. The minimum absolute atomic E-state index is 0.133. The molecule has 0 atom stereocenters. The third-order valence-electron chi connectivity index (χ3n) is 6.19. The van der Waals surface area contributed by atoms with Crippen molar-refractivity contribution in [3.8, 4) is 0 Å². The Morgan fingerprint density at radius 3 is 2.83 bits per heavy atom. The van der Waals surface area contributed by atoms with Crippen molar-refractivity contribution in [3.63, 3.8) is 0 Å². The summed E-state index contributed by atoms with van der Waals surface area (Å²) in [5.74, 6) is -1.93. The second kappa shape index (κ2) is 8.51. The first-order valence-electron chi connectivity index (χ1n) is 10.8.